The number of hydrogen-bond acceptors (Lipinski definition) is 5. The van der Waals surface area contributed by atoms with Crippen LogP contribution in [0.1, 0.15) is 25.5 Å². The molecule has 7 nitrogen and oxygen atoms in total. The molecule has 3 aromatic rings. The standard InChI is InChI=1S/C25H28N2O5S/c1-18(23-12-8-9-13-24(23)31-3)26-25(28)19(2)27(33(4,29)30)20-14-16-22(17-15-20)32-21-10-6-5-7-11-21/h5-19H,1-4H3,(H,26,28). The second-order valence-corrected chi connectivity index (χ2v) is 9.48. The minimum Gasteiger partial charge on any atom is -0.496 e. The molecule has 0 saturated heterocycles. The van der Waals surface area contributed by atoms with E-state index in [1.54, 1.807) is 38.3 Å². The van der Waals surface area contributed by atoms with Gasteiger partial charge >= 0.3 is 0 Å². The van der Waals surface area contributed by atoms with Gasteiger partial charge in [-0.25, -0.2) is 8.42 Å². The summed E-state index contributed by atoms with van der Waals surface area (Å²) in [6.07, 6.45) is 1.08. The Hall–Kier alpha value is -3.52. The normalized spacial score (nSPS) is 13.0. The van der Waals surface area contributed by atoms with Gasteiger partial charge in [-0.2, -0.15) is 0 Å². The molecule has 174 valence electrons. The highest BCUT2D eigenvalue weighted by Gasteiger charge is 2.30. The maximum Gasteiger partial charge on any atom is 0.244 e. The molecule has 2 unspecified atom stereocenters. The molecular weight excluding hydrogens is 440 g/mol. The lowest BCUT2D eigenvalue weighted by molar-refractivity contribution is -0.122. The first-order valence-electron chi connectivity index (χ1n) is 10.5. The molecule has 3 rings (SSSR count). The van der Waals surface area contributed by atoms with Crippen molar-refractivity contribution in [1.29, 1.82) is 0 Å². The van der Waals surface area contributed by atoms with Gasteiger partial charge in [0.2, 0.25) is 15.9 Å². The quantitative estimate of drug-likeness (QED) is 0.499. The van der Waals surface area contributed by atoms with Crippen LogP contribution in [0.25, 0.3) is 0 Å². The van der Waals surface area contributed by atoms with E-state index in [2.05, 4.69) is 5.32 Å². The van der Waals surface area contributed by atoms with Crippen LogP contribution in [-0.4, -0.2) is 33.7 Å². The lowest BCUT2D eigenvalue weighted by Crippen LogP contribution is -2.48. The van der Waals surface area contributed by atoms with E-state index >= 15 is 0 Å². The first kappa shape index (κ1) is 24.1. The Morgan fingerprint density at radius 1 is 0.879 bits per heavy atom. The maximum atomic E-state index is 13.0. The summed E-state index contributed by atoms with van der Waals surface area (Å²) in [5.41, 5.74) is 1.17. The number of ether oxygens (including phenoxy) is 2. The molecule has 0 aromatic heterocycles. The van der Waals surface area contributed by atoms with E-state index in [0.717, 1.165) is 16.1 Å². The van der Waals surface area contributed by atoms with Crippen molar-refractivity contribution >= 4 is 21.6 Å². The number of carbonyl (C=O) groups excluding carboxylic acids is 1. The summed E-state index contributed by atoms with van der Waals surface area (Å²) in [6, 6.07) is 21.9. The number of rotatable bonds is 9. The molecule has 3 aromatic carbocycles. The van der Waals surface area contributed by atoms with Crippen molar-refractivity contribution in [3.63, 3.8) is 0 Å². The predicted octanol–water partition coefficient (Wildman–Crippen LogP) is 4.52. The fourth-order valence-electron chi connectivity index (χ4n) is 3.53. The Morgan fingerprint density at radius 2 is 1.45 bits per heavy atom. The molecule has 1 amide bonds. The summed E-state index contributed by atoms with van der Waals surface area (Å²) >= 11 is 0. The maximum absolute atomic E-state index is 13.0. The minimum atomic E-state index is -3.74. The van der Waals surface area contributed by atoms with Crippen LogP contribution < -0.4 is 19.1 Å². The van der Waals surface area contributed by atoms with Gasteiger partial charge in [-0.1, -0.05) is 36.4 Å². The Bertz CT molecular complexity index is 1180. The zero-order valence-electron chi connectivity index (χ0n) is 19.1. The van der Waals surface area contributed by atoms with Crippen LogP contribution in [0.3, 0.4) is 0 Å². The van der Waals surface area contributed by atoms with Gasteiger partial charge in [0.15, 0.2) is 0 Å². The Kier molecular flexibility index (Phi) is 7.60. The third-order valence-electron chi connectivity index (χ3n) is 5.12. The predicted molar refractivity (Wildman–Crippen MR) is 129 cm³/mol. The van der Waals surface area contributed by atoms with Gasteiger partial charge in [0.25, 0.3) is 0 Å². The molecule has 0 saturated carbocycles. The first-order valence-corrected chi connectivity index (χ1v) is 12.3. The fourth-order valence-corrected chi connectivity index (χ4v) is 4.71. The van der Waals surface area contributed by atoms with Crippen LogP contribution in [0, 0.1) is 0 Å². The largest absolute Gasteiger partial charge is 0.496 e. The number of nitrogens with one attached hydrogen (secondary N) is 1. The van der Waals surface area contributed by atoms with Gasteiger partial charge in [0.1, 0.15) is 23.3 Å². The summed E-state index contributed by atoms with van der Waals surface area (Å²) in [5.74, 6) is 1.44. The fraction of sp³-hybridized carbons (Fsp3) is 0.240. The van der Waals surface area contributed by atoms with Gasteiger partial charge in [-0.15, -0.1) is 0 Å². The number of benzene rings is 3. The second-order valence-electron chi connectivity index (χ2n) is 7.62. The van der Waals surface area contributed by atoms with E-state index in [-0.39, 0.29) is 6.04 Å². The minimum absolute atomic E-state index is 0.366. The molecule has 0 radical (unpaired) electrons. The van der Waals surface area contributed by atoms with Crippen LogP contribution in [0.4, 0.5) is 5.69 Å². The molecular formula is C25H28N2O5S. The van der Waals surface area contributed by atoms with Crippen LogP contribution in [-0.2, 0) is 14.8 Å². The molecule has 0 aliphatic rings. The lowest BCUT2D eigenvalue weighted by atomic mass is 10.1. The van der Waals surface area contributed by atoms with Gasteiger partial charge in [-0.05, 0) is 56.3 Å². The Balaban J connectivity index is 1.78. The topological polar surface area (TPSA) is 84.9 Å². The van der Waals surface area contributed by atoms with Crippen molar-refractivity contribution < 1.29 is 22.7 Å². The summed E-state index contributed by atoms with van der Waals surface area (Å²) in [4.78, 5) is 13.0. The van der Waals surface area contributed by atoms with E-state index in [1.165, 1.54) is 0 Å². The molecule has 0 aliphatic carbocycles. The number of carbonyl (C=O) groups is 1. The summed E-state index contributed by atoms with van der Waals surface area (Å²) < 4.78 is 37.4. The van der Waals surface area contributed by atoms with Crippen molar-refractivity contribution in [2.75, 3.05) is 17.7 Å². The number of para-hydroxylation sites is 2. The lowest BCUT2D eigenvalue weighted by Gasteiger charge is -2.29. The number of methoxy groups -OCH3 is 1. The highest BCUT2D eigenvalue weighted by Crippen LogP contribution is 2.28. The first-order chi connectivity index (χ1) is 15.7. The SMILES string of the molecule is COc1ccccc1C(C)NC(=O)C(C)N(c1ccc(Oc2ccccc2)cc1)S(C)(=O)=O. The number of amides is 1. The summed E-state index contributed by atoms with van der Waals surface area (Å²) in [5, 5.41) is 2.89. The third-order valence-corrected chi connectivity index (χ3v) is 6.36. The molecule has 1 N–H and O–H groups in total. The average molecular weight is 469 g/mol. The third kappa shape index (κ3) is 6.04. The van der Waals surface area contributed by atoms with Gasteiger partial charge in [-0.3, -0.25) is 9.10 Å². The highest BCUT2D eigenvalue weighted by molar-refractivity contribution is 7.92. The number of sulfonamides is 1. The Labute approximate surface area is 195 Å². The molecule has 0 bridgehead atoms. The van der Waals surface area contributed by atoms with Crippen molar-refractivity contribution in [2.45, 2.75) is 25.9 Å². The molecule has 33 heavy (non-hydrogen) atoms. The number of anilines is 1. The van der Waals surface area contributed by atoms with E-state index in [4.69, 9.17) is 9.47 Å². The van der Waals surface area contributed by atoms with Crippen molar-refractivity contribution in [1.82, 2.24) is 5.32 Å². The number of nitrogens with zero attached hydrogens (tertiary/aromatic N) is 1. The molecule has 0 heterocycles. The van der Waals surface area contributed by atoms with E-state index in [1.807, 2.05) is 61.5 Å². The molecule has 0 spiro atoms. The van der Waals surface area contributed by atoms with Crippen LogP contribution in [0.15, 0.2) is 78.9 Å². The van der Waals surface area contributed by atoms with Crippen molar-refractivity contribution in [3.05, 3.63) is 84.4 Å². The smallest absolute Gasteiger partial charge is 0.244 e. The molecule has 0 fully saturated rings. The summed E-state index contributed by atoms with van der Waals surface area (Å²) in [6.45, 7) is 3.38. The molecule has 2 atom stereocenters. The average Bonchev–Trinajstić information content (AvgIpc) is 2.80. The summed E-state index contributed by atoms with van der Waals surface area (Å²) in [7, 11) is -2.18. The zero-order chi connectivity index (χ0) is 24.0. The molecule has 0 aliphatic heterocycles. The van der Waals surface area contributed by atoms with Gasteiger partial charge < -0.3 is 14.8 Å². The highest BCUT2D eigenvalue weighted by atomic mass is 32.2. The molecule has 8 heteroatoms. The second kappa shape index (κ2) is 10.4. The van der Waals surface area contributed by atoms with Crippen molar-refractivity contribution in [2.24, 2.45) is 0 Å². The van der Waals surface area contributed by atoms with E-state index < -0.39 is 22.0 Å². The van der Waals surface area contributed by atoms with Crippen LogP contribution in [0.5, 0.6) is 17.2 Å². The zero-order valence-corrected chi connectivity index (χ0v) is 19.9. The van der Waals surface area contributed by atoms with Gasteiger partial charge in [0.05, 0.1) is 25.1 Å². The van der Waals surface area contributed by atoms with Crippen molar-refractivity contribution in [3.8, 4) is 17.2 Å². The van der Waals surface area contributed by atoms with E-state index in [0.29, 0.717) is 22.9 Å². The van der Waals surface area contributed by atoms with Gasteiger partial charge in [0, 0.05) is 5.56 Å². The van der Waals surface area contributed by atoms with Crippen LogP contribution >= 0.6 is 0 Å². The Morgan fingerprint density at radius 3 is 2.06 bits per heavy atom. The van der Waals surface area contributed by atoms with E-state index in [9.17, 15) is 13.2 Å². The monoisotopic (exact) mass is 468 g/mol. The number of hydrogen-bond donors (Lipinski definition) is 1. The van der Waals surface area contributed by atoms with Crippen LogP contribution in [0.2, 0.25) is 0 Å².